The van der Waals surface area contributed by atoms with Crippen molar-refractivity contribution < 1.29 is 0 Å². The number of fused-ring (bicyclic) bond motifs is 1. The van der Waals surface area contributed by atoms with Gasteiger partial charge >= 0.3 is 0 Å². The van der Waals surface area contributed by atoms with Crippen molar-refractivity contribution in [1.82, 2.24) is 9.88 Å². The molecule has 2 heterocycles. The van der Waals surface area contributed by atoms with Crippen molar-refractivity contribution in [2.75, 3.05) is 20.1 Å². The standard InChI is InChI=1S/C17H22N2/c1-12-7-15-8-13(2)10-18-17(15)16(9-12)14-5-4-6-19(3)11-14/h7-10,14H,4-6,11H2,1-3H3. The molecule has 1 aromatic heterocycles. The highest BCUT2D eigenvalue weighted by atomic mass is 15.1. The highest BCUT2D eigenvalue weighted by Gasteiger charge is 2.21. The number of nitrogens with zero attached hydrogens (tertiary/aromatic N) is 2. The fraction of sp³-hybridized carbons (Fsp3) is 0.471. The molecule has 0 spiro atoms. The summed E-state index contributed by atoms with van der Waals surface area (Å²) >= 11 is 0. The van der Waals surface area contributed by atoms with Crippen molar-refractivity contribution in [2.45, 2.75) is 32.6 Å². The molecule has 1 saturated heterocycles. The molecule has 1 unspecified atom stereocenters. The quantitative estimate of drug-likeness (QED) is 0.772. The first-order chi connectivity index (χ1) is 9.13. The summed E-state index contributed by atoms with van der Waals surface area (Å²) < 4.78 is 0. The van der Waals surface area contributed by atoms with Gasteiger partial charge in [0.2, 0.25) is 0 Å². The smallest absolute Gasteiger partial charge is 0.0737 e. The molecule has 2 heteroatoms. The van der Waals surface area contributed by atoms with Crippen LogP contribution in [0.4, 0.5) is 0 Å². The van der Waals surface area contributed by atoms with Gasteiger partial charge in [-0.25, -0.2) is 0 Å². The average molecular weight is 254 g/mol. The molecule has 1 aliphatic heterocycles. The summed E-state index contributed by atoms with van der Waals surface area (Å²) in [6, 6.07) is 6.85. The van der Waals surface area contributed by atoms with Gasteiger partial charge < -0.3 is 4.90 Å². The number of aromatic nitrogens is 1. The summed E-state index contributed by atoms with van der Waals surface area (Å²) in [6.07, 6.45) is 4.58. The van der Waals surface area contributed by atoms with Crippen LogP contribution < -0.4 is 0 Å². The molecule has 1 aromatic carbocycles. The Kier molecular flexibility index (Phi) is 3.28. The molecule has 2 nitrogen and oxygen atoms in total. The van der Waals surface area contributed by atoms with Crippen LogP contribution in [0.2, 0.25) is 0 Å². The largest absolute Gasteiger partial charge is 0.306 e. The number of aryl methyl sites for hydroxylation is 2. The molecule has 0 saturated carbocycles. The van der Waals surface area contributed by atoms with Gasteiger partial charge in [-0.3, -0.25) is 4.98 Å². The fourth-order valence-electron chi connectivity index (χ4n) is 3.28. The Morgan fingerprint density at radius 3 is 2.74 bits per heavy atom. The van der Waals surface area contributed by atoms with Gasteiger partial charge in [-0.05, 0) is 69.5 Å². The number of benzene rings is 1. The van der Waals surface area contributed by atoms with Crippen LogP contribution in [0, 0.1) is 13.8 Å². The Bertz CT molecular complexity index is 598. The Hall–Kier alpha value is -1.41. The van der Waals surface area contributed by atoms with E-state index in [1.54, 1.807) is 0 Å². The molecule has 100 valence electrons. The number of hydrogen-bond donors (Lipinski definition) is 0. The highest BCUT2D eigenvalue weighted by molar-refractivity contribution is 5.83. The van der Waals surface area contributed by atoms with Crippen LogP contribution in [0.3, 0.4) is 0 Å². The average Bonchev–Trinajstić information content (AvgIpc) is 2.37. The molecule has 3 rings (SSSR count). The van der Waals surface area contributed by atoms with E-state index in [1.165, 1.54) is 47.0 Å². The minimum Gasteiger partial charge on any atom is -0.306 e. The van der Waals surface area contributed by atoms with E-state index < -0.39 is 0 Å². The SMILES string of the molecule is Cc1cnc2c(C3CCCN(C)C3)cc(C)cc2c1. The van der Waals surface area contributed by atoms with E-state index >= 15 is 0 Å². The van der Waals surface area contributed by atoms with E-state index in [0.29, 0.717) is 5.92 Å². The predicted octanol–water partition coefficient (Wildman–Crippen LogP) is 3.66. The summed E-state index contributed by atoms with van der Waals surface area (Å²) in [4.78, 5) is 7.14. The summed E-state index contributed by atoms with van der Waals surface area (Å²) in [5.41, 5.74) is 5.24. The Morgan fingerprint density at radius 2 is 1.95 bits per heavy atom. The van der Waals surface area contributed by atoms with Crippen LogP contribution in [0.25, 0.3) is 10.9 Å². The van der Waals surface area contributed by atoms with E-state index in [9.17, 15) is 0 Å². The van der Waals surface area contributed by atoms with Crippen LogP contribution in [-0.4, -0.2) is 30.0 Å². The van der Waals surface area contributed by atoms with Crippen LogP contribution in [-0.2, 0) is 0 Å². The van der Waals surface area contributed by atoms with E-state index in [4.69, 9.17) is 4.98 Å². The van der Waals surface area contributed by atoms with Gasteiger partial charge in [-0.2, -0.15) is 0 Å². The third-order valence-electron chi connectivity index (χ3n) is 4.16. The van der Waals surface area contributed by atoms with Gasteiger partial charge in [-0.15, -0.1) is 0 Å². The zero-order valence-corrected chi connectivity index (χ0v) is 12.1. The van der Waals surface area contributed by atoms with Crippen LogP contribution in [0.1, 0.15) is 35.4 Å². The molecular formula is C17H22N2. The summed E-state index contributed by atoms with van der Waals surface area (Å²) in [5, 5.41) is 1.29. The van der Waals surface area contributed by atoms with Crippen molar-refractivity contribution >= 4 is 10.9 Å². The van der Waals surface area contributed by atoms with Crippen molar-refractivity contribution in [3.8, 4) is 0 Å². The number of likely N-dealkylation sites (tertiary alicyclic amines) is 1. The Labute approximate surface area is 115 Å². The molecule has 1 fully saturated rings. The number of pyridine rings is 1. The van der Waals surface area contributed by atoms with E-state index in [1.807, 2.05) is 6.20 Å². The lowest BCUT2D eigenvalue weighted by Crippen LogP contribution is -2.31. The van der Waals surface area contributed by atoms with Gasteiger partial charge in [0.05, 0.1) is 5.52 Å². The number of hydrogen-bond acceptors (Lipinski definition) is 2. The Balaban J connectivity index is 2.11. The maximum atomic E-state index is 4.70. The molecule has 0 radical (unpaired) electrons. The number of piperidine rings is 1. The molecule has 2 aromatic rings. The lowest BCUT2D eigenvalue weighted by molar-refractivity contribution is 0.251. The van der Waals surface area contributed by atoms with Crippen LogP contribution in [0.15, 0.2) is 24.4 Å². The highest BCUT2D eigenvalue weighted by Crippen LogP contribution is 2.32. The first kappa shape index (κ1) is 12.6. The van der Waals surface area contributed by atoms with Gasteiger partial charge in [-0.1, -0.05) is 11.6 Å². The van der Waals surface area contributed by atoms with Crippen molar-refractivity contribution in [3.63, 3.8) is 0 Å². The predicted molar refractivity (Wildman–Crippen MR) is 80.7 cm³/mol. The number of rotatable bonds is 1. The van der Waals surface area contributed by atoms with Crippen LogP contribution >= 0.6 is 0 Å². The summed E-state index contributed by atoms with van der Waals surface area (Å²) in [6.45, 7) is 6.70. The molecule has 0 bridgehead atoms. The molecule has 0 aliphatic carbocycles. The minimum atomic E-state index is 0.636. The topological polar surface area (TPSA) is 16.1 Å². The van der Waals surface area contributed by atoms with Crippen molar-refractivity contribution in [2.24, 2.45) is 0 Å². The Morgan fingerprint density at radius 1 is 1.16 bits per heavy atom. The first-order valence-electron chi connectivity index (χ1n) is 7.19. The third kappa shape index (κ3) is 2.50. The first-order valence-corrected chi connectivity index (χ1v) is 7.19. The van der Waals surface area contributed by atoms with Gasteiger partial charge in [0, 0.05) is 18.1 Å². The second-order valence-electron chi connectivity index (χ2n) is 6.04. The minimum absolute atomic E-state index is 0.636. The molecule has 1 aliphatic rings. The van der Waals surface area contributed by atoms with Crippen molar-refractivity contribution in [1.29, 1.82) is 0 Å². The monoisotopic (exact) mass is 254 g/mol. The lowest BCUT2D eigenvalue weighted by atomic mass is 9.88. The second kappa shape index (κ2) is 4.93. The fourth-order valence-corrected chi connectivity index (χ4v) is 3.28. The zero-order chi connectivity index (χ0) is 13.4. The summed E-state index contributed by atoms with van der Waals surface area (Å²) in [7, 11) is 2.22. The summed E-state index contributed by atoms with van der Waals surface area (Å²) in [5.74, 6) is 0.636. The molecule has 0 N–H and O–H groups in total. The molecule has 0 amide bonds. The molecule has 1 atom stereocenters. The van der Waals surface area contributed by atoms with Gasteiger partial charge in [0.1, 0.15) is 0 Å². The van der Waals surface area contributed by atoms with Crippen LogP contribution in [0.5, 0.6) is 0 Å². The van der Waals surface area contributed by atoms with E-state index in [2.05, 4.69) is 44.0 Å². The van der Waals surface area contributed by atoms with E-state index in [0.717, 1.165) is 6.54 Å². The van der Waals surface area contributed by atoms with E-state index in [-0.39, 0.29) is 0 Å². The maximum Gasteiger partial charge on any atom is 0.0737 e. The maximum absolute atomic E-state index is 4.70. The second-order valence-corrected chi connectivity index (χ2v) is 6.04. The number of likely N-dealkylation sites (N-methyl/N-ethyl adjacent to an activating group) is 1. The molecule has 19 heavy (non-hydrogen) atoms. The zero-order valence-electron chi connectivity index (χ0n) is 12.1. The molecular weight excluding hydrogens is 232 g/mol. The van der Waals surface area contributed by atoms with Gasteiger partial charge in [0.25, 0.3) is 0 Å². The van der Waals surface area contributed by atoms with Gasteiger partial charge in [0.15, 0.2) is 0 Å². The third-order valence-corrected chi connectivity index (χ3v) is 4.16. The van der Waals surface area contributed by atoms with Crippen molar-refractivity contribution in [3.05, 3.63) is 41.1 Å². The normalized spacial score (nSPS) is 20.9. The lowest BCUT2D eigenvalue weighted by Gasteiger charge is -2.30.